The molecule has 1 N–H and O–H groups in total. The quantitative estimate of drug-likeness (QED) is 0.809. The van der Waals surface area contributed by atoms with E-state index in [4.69, 9.17) is 9.47 Å². The molecule has 1 aliphatic heterocycles. The van der Waals surface area contributed by atoms with Crippen LogP contribution in [0.4, 0.5) is 0 Å². The van der Waals surface area contributed by atoms with Gasteiger partial charge >= 0.3 is 0 Å². The lowest BCUT2D eigenvalue weighted by atomic mass is 10.2. The van der Waals surface area contributed by atoms with Crippen LogP contribution in [0.25, 0.3) is 0 Å². The van der Waals surface area contributed by atoms with E-state index in [0.717, 1.165) is 49.2 Å². The second-order valence-electron chi connectivity index (χ2n) is 6.05. The number of methoxy groups -OCH3 is 1. The zero-order chi connectivity index (χ0) is 18.2. The molecule has 1 fully saturated rings. The van der Waals surface area contributed by atoms with Crippen LogP contribution in [0.3, 0.4) is 0 Å². The van der Waals surface area contributed by atoms with Crippen molar-refractivity contribution in [1.29, 1.82) is 0 Å². The average molecular weight is 372 g/mol. The van der Waals surface area contributed by atoms with Gasteiger partial charge < -0.3 is 19.7 Å². The molecule has 0 saturated carbocycles. The summed E-state index contributed by atoms with van der Waals surface area (Å²) in [6.45, 7) is 3.42. The Morgan fingerprint density at radius 2 is 1.58 bits per heavy atom. The van der Waals surface area contributed by atoms with E-state index in [0.29, 0.717) is 5.75 Å². The predicted molar refractivity (Wildman–Crippen MR) is 105 cm³/mol. The number of rotatable bonds is 7. The standard InChI is InChI=1S/C20H24N2O3S/c1-24-17-6-8-19(9-7-17)25-18-4-2-16(3-5-18)14-26-15-20(23)22-12-10-21-11-13-22/h2-9,21H,10-15H2,1H3. The van der Waals surface area contributed by atoms with Crippen LogP contribution >= 0.6 is 11.8 Å². The molecule has 1 amide bonds. The molecule has 0 bridgehead atoms. The van der Waals surface area contributed by atoms with Crippen molar-refractivity contribution in [3.05, 3.63) is 54.1 Å². The van der Waals surface area contributed by atoms with Crippen molar-refractivity contribution in [2.45, 2.75) is 5.75 Å². The van der Waals surface area contributed by atoms with Crippen LogP contribution in [0, 0.1) is 0 Å². The topological polar surface area (TPSA) is 50.8 Å². The van der Waals surface area contributed by atoms with Gasteiger partial charge in [-0.3, -0.25) is 4.79 Å². The highest BCUT2D eigenvalue weighted by Crippen LogP contribution is 2.25. The second kappa shape index (κ2) is 9.50. The van der Waals surface area contributed by atoms with Crippen molar-refractivity contribution in [2.24, 2.45) is 0 Å². The van der Waals surface area contributed by atoms with E-state index in [9.17, 15) is 4.79 Å². The number of nitrogens with zero attached hydrogens (tertiary/aromatic N) is 1. The molecule has 0 aliphatic carbocycles. The first-order valence-corrected chi connectivity index (χ1v) is 9.87. The smallest absolute Gasteiger partial charge is 0.232 e. The van der Waals surface area contributed by atoms with Crippen LogP contribution in [0.1, 0.15) is 5.56 Å². The van der Waals surface area contributed by atoms with Crippen molar-refractivity contribution in [3.8, 4) is 17.2 Å². The maximum atomic E-state index is 12.1. The van der Waals surface area contributed by atoms with Gasteiger partial charge in [-0.05, 0) is 42.0 Å². The van der Waals surface area contributed by atoms with E-state index < -0.39 is 0 Å². The van der Waals surface area contributed by atoms with Crippen molar-refractivity contribution in [1.82, 2.24) is 10.2 Å². The molecule has 5 nitrogen and oxygen atoms in total. The molecule has 138 valence electrons. The summed E-state index contributed by atoms with van der Waals surface area (Å²) in [4.78, 5) is 14.1. The number of ether oxygens (including phenoxy) is 2. The first kappa shape index (κ1) is 18.6. The lowest BCUT2D eigenvalue weighted by Gasteiger charge is -2.27. The highest BCUT2D eigenvalue weighted by atomic mass is 32.2. The number of benzene rings is 2. The van der Waals surface area contributed by atoms with Gasteiger partial charge in [-0.15, -0.1) is 11.8 Å². The highest BCUT2D eigenvalue weighted by Gasteiger charge is 2.15. The molecule has 1 heterocycles. The fourth-order valence-electron chi connectivity index (χ4n) is 2.70. The minimum atomic E-state index is 0.232. The molecule has 1 saturated heterocycles. The minimum absolute atomic E-state index is 0.232. The van der Waals surface area contributed by atoms with E-state index in [2.05, 4.69) is 5.32 Å². The molecular formula is C20H24N2O3S. The number of piperazine rings is 1. The number of carbonyl (C=O) groups is 1. The Bertz CT molecular complexity index is 698. The van der Waals surface area contributed by atoms with Crippen molar-refractivity contribution in [3.63, 3.8) is 0 Å². The monoisotopic (exact) mass is 372 g/mol. The molecule has 0 spiro atoms. The Morgan fingerprint density at radius 3 is 2.19 bits per heavy atom. The normalized spacial score (nSPS) is 14.1. The molecule has 2 aromatic rings. The van der Waals surface area contributed by atoms with Crippen LogP contribution in [-0.2, 0) is 10.5 Å². The SMILES string of the molecule is COc1ccc(Oc2ccc(CSCC(=O)N3CCNCC3)cc2)cc1. The van der Waals surface area contributed by atoms with E-state index in [1.54, 1.807) is 18.9 Å². The maximum absolute atomic E-state index is 12.1. The summed E-state index contributed by atoms with van der Waals surface area (Å²) in [5, 5.41) is 3.26. The summed E-state index contributed by atoms with van der Waals surface area (Å²) in [7, 11) is 1.64. The summed E-state index contributed by atoms with van der Waals surface area (Å²) in [5.74, 6) is 3.96. The van der Waals surface area contributed by atoms with Crippen molar-refractivity contribution in [2.75, 3.05) is 39.0 Å². The summed E-state index contributed by atoms with van der Waals surface area (Å²) < 4.78 is 11.0. The predicted octanol–water partition coefficient (Wildman–Crippen LogP) is 3.15. The number of carbonyl (C=O) groups excluding carboxylic acids is 1. The third-order valence-corrected chi connectivity index (χ3v) is 5.17. The van der Waals surface area contributed by atoms with Crippen LogP contribution < -0.4 is 14.8 Å². The van der Waals surface area contributed by atoms with Gasteiger partial charge in [0.05, 0.1) is 12.9 Å². The highest BCUT2D eigenvalue weighted by molar-refractivity contribution is 7.99. The Hall–Kier alpha value is -2.18. The number of thioether (sulfide) groups is 1. The van der Waals surface area contributed by atoms with Crippen molar-refractivity contribution < 1.29 is 14.3 Å². The van der Waals surface area contributed by atoms with Crippen LogP contribution in [0.2, 0.25) is 0 Å². The van der Waals surface area contributed by atoms with Gasteiger partial charge in [0.15, 0.2) is 0 Å². The van der Waals surface area contributed by atoms with Gasteiger partial charge in [-0.1, -0.05) is 12.1 Å². The molecule has 26 heavy (non-hydrogen) atoms. The lowest BCUT2D eigenvalue weighted by Crippen LogP contribution is -2.47. The van der Waals surface area contributed by atoms with Crippen LogP contribution in [-0.4, -0.2) is 49.8 Å². The van der Waals surface area contributed by atoms with Gasteiger partial charge in [0.1, 0.15) is 17.2 Å². The largest absolute Gasteiger partial charge is 0.497 e. The molecule has 3 rings (SSSR count). The molecule has 0 unspecified atom stereocenters. The summed E-state index contributed by atoms with van der Waals surface area (Å²) in [6.07, 6.45) is 0. The van der Waals surface area contributed by atoms with E-state index in [-0.39, 0.29) is 5.91 Å². The summed E-state index contributed by atoms with van der Waals surface area (Å²) in [5.41, 5.74) is 1.19. The third-order valence-electron chi connectivity index (χ3n) is 4.18. The van der Waals surface area contributed by atoms with E-state index in [1.165, 1.54) is 5.56 Å². The van der Waals surface area contributed by atoms with Crippen LogP contribution in [0.5, 0.6) is 17.2 Å². The Balaban J connectivity index is 1.44. The summed E-state index contributed by atoms with van der Waals surface area (Å²) in [6, 6.07) is 15.5. The fraction of sp³-hybridized carbons (Fsp3) is 0.350. The van der Waals surface area contributed by atoms with Gasteiger partial charge in [0, 0.05) is 31.9 Å². The van der Waals surface area contributed by atoms with Gasteiger partial charge in [-0.2, -0.15) is 0 Å². The first-order chi connectivity index (χ1) is 12.7. The van der Waals surface area contributed by atoms with Crippen LogP contribution in [0.15, 0.2) is 48.5 Å². The second-order valence-corrected chi connectivity index (χ2v) is 7.03. The molecular weight excluding hydrogens is 348 g/mol. The third kappa shape index (κ3) is 5.41. The Morgan fingerprint density at radius 1 is 1.00 bits per heavy atom. The first-order valence-electron chi connectivity index (χ1n) is 8.72. The van der Waals surface area contributed by atoms with Gasteiger partial charge in [0.2, 0.25) is 5.91 Å². The number of hydrogen-bond acceptors (Lipinski definition) is 5. The van der Waals surface area contributed by atoms with Gasteiger partial charge in [-0.25, -0.2) is 0 Å². The number of nitrogens with one attached hydrogen (secondary N) is 1. The number of hydrogen-bond donors (Lipinski definition) is 1. The average Bonchev–Trinajstić information content (AvgIpc) is 2.70. The molecule has 6 heteroatoms. The molecule has 0 aromatic heterocycles. The zero-order valence-electron chi connectivity index (χ0n) is 14.9. The van der Waals surface area contributed by atoms with Crippen molar-refractivity contribution >= 4 is 17.7 Å². The molecule has 0 radical (unpaired) electrons. The lowest BCUT2D eigenvalue weighted by molar-refractivity contribution is -0.128. The molecule has 1 aliphatic rings. The van der Waals surface area contributed by atoms with E-state index in [1.807, 2.05) is 53.4 Å². The Labute approximate surface area is 158 Å². The van der Waals surface area contributed by atoms with Gasteiger partial charge in [0.25, 0.3) is 0 Å². The minimum Gasteiger partial charge on any atom is -0.497 e. The van der Waals surface area contributed by atoms with E-state index >= 15 is 0 Å². The number of amides is 1. The molecule has 0 atom stereocenters. The zero-order valence-corrected chi connectivity index (χ0v) is 15.8. The molecule has 2 aromatic carbocycles. The maximum Gasteiger partial charge on any atom is 0.232 e. The Kier molecular flexibility index (Phi) is 6.80. The fourth-order valence-corrected chi connectivity index (χ4v) is 3.58. The summed E-state index contributed by atoms with van der Waals surface area (Å²) >= 11 is 1.66.